The normalized spacial score (nSPS) is 18.5. The number of ether oxygens (including phenoxy) is 1. The number of nitrogens with zero attached hydrogens (tertiary/aromatic N) is 2. The number of morpholine rings is 1. The Morgan fingerprint density at radius 2 is 2.09 bits per heavy atom. The van der Waals surface area contributed by atoms with Crippen LogP contribution in [0.15, 0.2) is 29.3 Å². The quantitative estimate of drug-likeness (QED) is 0.642. The van der Waals surface area contributed by atoms with E-state index in [0.717, 1.165) is 26.3 Å². The van der Waals surface area contributed by atoms with Crippen molar-refractivity contribution in [1.82, 2.24) is 10.2 Å². The fourth-order valence-electron chi connectivity index (χ4n) is 2.72. The van der Waals surface area contributed by atoms with Crippen molar-refractivity contribution in [1.29, 1.82) is 0 Å². The van der Waals surface area contributed by atoms with Crippen molar-refractivity contribution < 1.29 is 4.74 Å². The molecule has 0 amide bonds. The van der Waals surface area contributed by atoms with Crippen LogP contribution in [-0.4, -0.2) is 49.7 Å². The highest BCUT2D eigenvalue weighted by atomic mass is 16.5. The van der Waals surface area contributed by atoms with E-state index in [9.17, 15) is 0 Å². The molecule has 1 saturated heterocycles. The molecule has 5 nitrogen and oxygen atoms in total. The van der Waals surface area contributed by atoms with E-state index >= 15 is 0 Å². The number of guanidine groups is 1. The summed E-state index contributed by atoms with van der Waals surface area (Å²) in [4.78, 5) is 6.98. The highest BCUT2D eigenvalue weighted by Gasteiger charge is 2.22. The fraction of sp³-hybridized carbons (Fsp3) is 0.588. The summed E-state index contributed by atoms with van der Waals surface area (Å²) in [6.07, 6.45) is 0. The molecule has 0 saturated carbocycles. The minimum atomic E-state index is 0.247. The first kappa shape index (κ1) is 16.8. The third-order valence-corrected chi connectivity index (χ3v) is 3.78. The predicted octanol–water partition coefficient (Wildman–Crippen LogP) is 1.68. The summed E-state index contributed by atoms with van der Waals surface area (Å²) in [5.41, 5.74) is 8.52. The molecule has 1 unspecified atom stereocenters. The van der Waals surface area contributed by atoms with Gasteiger partial charge in [-0.3, -0.25) is 9.89 Å². The number of hydrogen-bond acceptors (Lipinski definition) is 3. The summed E-state index contributed by atoms with van der Waals surface area (Å²) < 4.78 is 5.47. The molecule has 3 N–H and O–H groups in total. The summed E-state index contributed by atoms with van der Waals surface area (Å²) in [6.45, 7) is 10.3. The Bertz CT molecular complexity index is 495. The molecule has 5 heteroatoms. The van der Waals surface area contributed by atoms with Gasteiger partial charge in [-0.1, -0.05) is 29.8 Å². The van der Waals surface area contributed by atoms with Crippen LogP contribution in [0, 0.1) is 6.92 Å². The van der Waals surface area contributed by atoms with Gasteiger partial charge in [0.2, 0.25) is 0 Å². The first-order valence-corrected chi connectivity index (χ1v) is 8.01. The fourth-order valence-corrected chi connectivity index (χ4v) is 2.72. The van der Waals surface area contributed by atoms with Crippen molar-refractivity contribution in [2.24, 2.45) is 10.7 Å². The molecule has 2 rings (SSSR count). The predicted molar refractivity (Wildman–Crippen MR) is 91.1 cm³/mol. The SMILES string of the molecule is Cc1cccc(C(CN=C(N)NC(C)C)N2CCOCC2)c1. The molecule has 0 aliphatic carbocycles. The van der Waals surface area contributed by atoms with Crippen molar-refractivity contribution >= 4 is 5.96 Å². The van der Waals surface area contributed by atoms with Crippen LogP contribution < -0.4 is 11.1 Å². The lowest BCUT2D eigenvalue weighted by molar-refractivity contribution is 0.0179. The van der Waals surface area contributed by atoms with E-state index in [-0.39, 0.29) is 6.04 Å². The van der Waals surface area contributed by atoms with Crippen LogP contribution in [0.5, 0.6) is 0 Å². The Labute approximate surface area is 133 Å². The average Bonchev–Trinajstić information content (AvgIpc) is 2.48. The van der Waals surface area contributed by atoms with Gasteiger partial charge in [0.25, 0.3) is 0 Å². The number of hydrogen-bond donors (Lipinski definition) is 2. The lowest BCUT2D eigenvalue weighted by atomic mass is 10.0. The first-order valence-electron chi connectivity index (χ1n) is 8.01. The summed E-state index contributed by atoms with van der Waals surface area (Å²) >= 11 is 0. The number of aryl methyl sites for hydroxylation is 1. The molecule has 1 aliphatic heterocycles. The molecule has 1 aromatic carbocycles. The van der Waals surface area contributed by atoms with E-state index < -0.39 is 0 Å². The Morgan fingerprint density at radius 1 is 1.36 bits per heavy atom. The van der Waals surface area contributed by atoms with Crippen LogP contribution in [0.4, 0.5) is 0 Å². The van der Waals surface area contributed by atoms with Crippen molar-refractivity contribution in [2.45, 2.75) is 32.9 Å². The number of benzene rings is 1. The van der Waals surface area contributed by atoms with Crippen LogP contribution >= 0.6 is 0 Å². The largest absolute Gasteiger partial charge is 0.379 e. The molecule has 0 aromatic heterocycles. The zero-order chi connectivity index (χ0) is 15.9. The summed E-state index contributed by atoms with van der Waals surface area (Å²) in [5.74, 6) is 0.515. The van der Waals surface area contributed by atoms with Gasteiger partial charge in [-0.25, -0.2) is 0 Å². The molecular formula is C17H28N4O. The minimum Gasteiger partial charge on any atom is -0.379 e. The van der Waals surface area contributed by atoms with Crippen LogP contribution in [0.25, 0.3) is 0 Å². The van der Waals surface area contributed by atoms with E-state index in [1.54, 1.807) is 0 Å². The Balaban J connectivity index is 2.14. The number of aliphatic imine (C=N–C) groups is 1. The van der Waals surface area contributed by atoms with E-state index in [0.29, 0.717) is 18.5 Å². The van der Waals surface area contributed by atoms with Crippen molar-refractivity contribution in [3.05, 3.63) is 35.4 Å². The van der Waals surface area contributed by atoms with E-state index in [1.165, 1.54) is 11.1 Å². The van der Waals surface area contributed by atoms with Crippen LogP contribution in [0.3, 0.4) is 0 Å². The summed E-state index contributed by atoms with van der Waals surface area (Å²) in [7, 11) is 0. The molecule has 1 aromatic rings. The highest BCUT2D eigenvalue weighted by Crippen LogP contribution is 2.23. The Morgan fingerprint density at radius 3 is 2.73 bits per heavy atom. The molecule has 1 heterocycles. The Hall–Kier alpha value is -1.59. The molecule has 1 atom stereocenters. The van der Waals surface area contributed by atoms with Gasteiger partial charge in [0.05, 0.1) is 25.8 Å². The first-order chi connectivity index (χ1) is 10.6. The average molecular weight is 304 g/mol. The van der Waals surface area contributed by atoms with Gasteiger partial charge in [0.1, 0.15) is 0 Å². The smallest absolute Gasteiger partial charge is 0.188 e. The zero-order valence-corrected chi connectivity index (χ0v) is 13.9. The molecule has 1 fully saturated rings. The Kier molecular flexibility index (Phi) is 6.21. The second kappa shape index (κ2) is 8.15. The molecular weight excluding hydrogens is 276 g/mol. The molecule has 0 bridgehead atoms. The summed E-state index contributed by atoms with van der Waals surface area (Å²) in [5, 5.41) is 3.15. The van der Waals surface area contributed by atoms with Gasteiger partial charge in [0.15, 0.2) is 5.96 Å². The van der Waals surface area contributed by atoms with Crippen molar-refractivity contribution in [3.63, 3.8) is 0 Å². The van der Waals surface area contributed by atoms with Crippen LogP contribution in [0.2, 0.25) is 0 Å². The van der Waals surface area contributed by atoms with Gasteiger partial charge in [-0.05, 0) is 26.3 Å². The van der Waals surface area contributed by atoms with Crippen LogP contribution in [0.1, 0.15) is 31.0 Å². The van der Waals surface area contributed by atoms with Crippen molar-refractivity contribution in [2.75, 3.05) is 32.8 Å². The van der Waals surface area contributed by atoms with E-state index in [1.807, 2.05) is 0 Å². The number of nitrogens with two attached hydrogens (primary N) is 1. The third-order valence-electron chi connectivity index (χ3n) is 3.78. The van der Waals surface area contributed by atoms with E-state index in [2.05, 4.69) is 60.2 Å². The molecule has 122 valence electrons. The lowest BCUT2D eigenvalue weighted by Gasteiger charge is -2.34. The van der Waals surface area contributed by atoms with Gasteiger partial charge in [-0.2, -0.15) is 0 Å². The van der Waals surface area contributed by atoms with Crippen LogP contribution in [-0.2, 0) is 4.74 Å². The lowest BCUT2D eigenvalue weighted by Crippen LogP contribution is -2.41. The zero-order valence-electron chi connectivity index (χ0n) is 13.9. The third kappa shape index (κ3) is 5.00. The molecule has 22 heavy (non-hydrogen) atoms. The van der Waals surface area contributed by atoms with E-state index in [4.69, 9.17) is 10.5 Å². The van der Waals surface area contributed by atoms with Gasteiger partial charge in [0, 0.05) is 19.1 Å². The van der Waals surface area contributed by atoms with Gasteiger partial charge >= 0.3 is 0 Å². The summed E-state index contributed by atoms with van der Waals surface area (Å²) in [6, 6.07) is 9.19. The maximum atomic E-state index is 5.96. The maximum absolute atomic E-state index is 5.96. The van der Waals surface area contributed by atoms with Crippen molar-refractivity contribution in [3.8, 4) is 0 Å². The van der Waals surface area contributed by atoms with Gasteiger partial charge < -0.3 is 15.8 Å². The highest BCUT2D eigenvalue weighted by molar-refractivity contribution is 5.78. The topological polar surface area (TPSA) is 62.9 Å². The maximum Gasteiger partial charge on any atom is 0.188 e. The minimum absolute atomic E-state index is 0.247. The standard InChI is InChI=1S/C17H28N4O/c1-13(2)20-17(18)19-12-16(21-7-9-22-10-8-21)15-6-4-5-14(3)11-15/h4-6,11,13,16H,7-10,12H2,1-3H3,(H3,18,19,20). The second-order valence-electron chi connectivity index (χ2n) is 6.10. The monoisotopic (exact) mass is 304 g/mol. The molecule has 0 spiro atoms. The number of nitrogens with one attached hydrogen (secondary N) is 1. The number of rotatable bonds is 5. The van der Waals surface area contributed by atoms with Gasteiger partial charge in [-0.15, -0.1) is 0 Å². The molecule has 0 radical (unpaired) electrons. The molecule has 1 aliphatic rings. The second-order valence-corrected chi connectivity index (χ2v) is 6.10.